The van der Waals surface area contributed by atoms with Gasteiger partial charge in [0.1, 0.15) is 0 Å². The molecule has 0 aliphatic rings. The van der Waals surface area contributed by atoms with Crippen molar-refractivity contribution in [3.05, 3.63) is 35.4 Å². The molecule has 0 fully saturated rings. The summed E-state index contributed by atoms with van der Waals surface area (Å²) in [5.41, 5.74) is 2.62. The Bertz CT molecular complexity index is 193. The maximum Gasteiger partial charge on any atom is 0.0713 e. The molecule has 0 saturated heterocycles. The van der Waals surface area contributed by atoms with Gasteiger partial charge in [-0.1, -0.05) is 24.3 Å². The van der Waals surface area contributed by atoms with Gasteiger partial charge in [0.2, 0.25) is 0 Å². The monoisotopic (exact) mass is 182 g/mol. The Morgan fingerprint density at radius 3 is 2.25 bits per heavy atom. The Labute approximate surface area is 78.1 Å². The second-order valence-corrected chi connectivity index (χ2v) is 3.55. The van der Waals surface area contributed by atoms with Gasteiger partial charge in [-0.15, -0.1) is 0 Å². The lowest BCUT2D eigenvalue weighted by Crippen LogP contribution is -1.87. The maximum atomic E-state index is 5.02. The third-order valence-corrected chi connectivity index (χ3v) is 2.27. The van der Waals surface area contributed by atoms with Gasteiger partial charge < -0.3 is 4.74 Å². The van der Waals surface area contributed by atoms with E-state index in [-0.39, 0.29) is 0 Å². The highest BCUT2D eigenvalue weighted by atomic mass is 32.2. The lowest BCUT2D eigenvalue weighted by atomic mass is 10.2. The van der Waals surface area contributed by atoms with Gasteiger partial charge >= 0.3 is 0 Å². The first-order chi connectivity index (χ1) is 5.86. The quantitative estimate of drug-likeness (QED) is 0.708. The number of methoxy groups -OCH3 is 1. The molecule has 1 rings (SSSR count). The Kier molecular flexibility index (Phi) is 4.19. The van der Waals surface area contributed by atoms with Gasteiger partial charge in [-0.25, -0.2) is 0 Å². The second-order valence-electron chi connectivity index (χ2n) is 2.68. The summed E-state index contributed by atoms with van der Waals surface area (Å²) in [6, 6.07) is 8.56. The first kappa shape index (κ1) is 9.62. The fourth-order valence-electron chi connectivity index (χ4n) is 1.07. The van der Waals surface area contributed by atoms with Crippen LogP contribution in [0.25, 0.3) is 0 Å². The van der Waals surface area contributed by atoms with E-state index in [1.165, 1.54) is 11.1 Å². The molecule has 0 atom stereocenters. The first-order valence-electron chi connectivity index (χ1n) is 3.92. The number of hydrogen-bond acceptors (Lipinski definition) is 2. The summed E-state index contributed by atoms with van der Waals surface area (Å²) in [5.74, 6) is 1.09. The summed E-state index contributed by atoms with van der Waals surface area (Å²) in [7, 11) is 1.72. The second kappa shape index (κ2) is 5.22. The summed E-state index contributed by atoms with van der Waals surface area (Å²) in [6.07, 6.45) is 2.11. The van der Waals surface area contributed by atoms with Gasteiger partial charge in [-0.2, -0.15) is 11.8 Å². The van der Waals surface area contributed by atoms with Crippen molar-refractivity contribution in [3.63, 3.8) is 0 Å². The molecule has 0 N–H and O–H groups in total. The molecule has 0 aromatic heterocycles. The van der Waals surface area contributed by atoms with Crippen molar-refractivity contribution in [1.29, 1.82) is 0 Å². The normalized spacial score (nSPS) is 10.2. The molecule has 0 unspecified atom stereocenters. The minimum Gasteiger partial charge on any atom is -0.380 e. The Balaban J connectivity index is 2.58. The molecule has 66 valence electrons. The molecule has 0 aliphatic heterocycles. The first-order valence-corrected chi connectivity index (χ1v) is 5.32. The van der Waals surface area contributed by atoms with E-state index >= 15 is 0 Å². The number of rotatable bonds is 4. The standard InChI is InChI=1S/C10H14OS/c1-11-7-9-3-5-10(6-4-9)8-12-2/h3-6H,7-8H2,1-2H3. The van der Waals surface area contributed by atoms with Gasteiger partial charge in [0.15, 0.2) is 0 Å². The minimum absolute atomic E-state index is 0.708. The van der Waals surface area contributed by atoms with E-state index in [9.17, 15) is 0 Å². The number of hydrogen-bond donors (Lipinski definition) is 0. The van der Waals surface area contributed by atoms with Gasteiger partial charge in [-0.3, -0.25) is 0 Å². The molecule has 0 radical (unpaired) electrons. The highest BCUT2D eigenvalue weighted by molar-refractivity contribution is 7.97. The molecule has 1 aromatic carbocycles. The molecule has 0 amide bonds. The largest absolute Gasteiger partial charge is 0.380 e. The van der Waals surface area contributed by atoms with E-state index in [1.807, 2.05) is 11.8 Å². The predicted molar refractivity (Wildman–Crippen MR) is 54.4 cm³/mol. The highest BCUT2D eigenvalue weighted by Crippen LogP contribution is 2.10. The van der Waals surface area contributed by atoms with Crippen LogP contribution in [0.15, 0.2) is 24.3 Å². The van der Waals surface area contributed by atoms with Gasteiger partial charge in [0, 0.05) is 12.9 Å². The minimum atomic E-state index is 0.708. The van der Waals surface area contributed by atoms with Crippen molar-refractivity contribution in [2.45, 2.75) is 12.4 Å². The van der Waals surface area contributed by atoms with Crippen molar-refractivity contribution in [1.82, 2.24) is 0 Å². The van der Waals surface area contributed by atoms with E-state index in [2.05, 4.69) is 30.5 Å². The number of benzene rings is 1. The van der Waals surface area contributed by atoms with Crippen molar-refractivity contribution < 1.29 is 4.74 Å². The molecule has 0 aliphatic carbocycles. The third-order valence-electron chi connectivity index (χ3n) is 1.64. The molecule has 12 heavy (non-hydrogen) atoms. The van der Waals surface area contributed by atoms with E-state index in [0.717, 1.165) is 5.75 Å². The van der Waals surface area contributed by atoms with Gasteiger partial charge in [0.25, 0.3) is 0 Å². The molecule has 1 nitrogen and oxygen atoms in total. The molecule has 0 bridgehead atoms. The van der Waals surface area contributed by atoms with E-state index in [1.54, 1.807) is 7.11 Å². The Morgan fingerprint density at radius 2 is 1.75 bits per heavy atom. The highest BCUT2D eigenvalue weighted by Gasteiger charge is 1.92. The molecule has 0 saturated carbocycles. The van der Waals surface area contributed by atoms with Crippen LogP contribution in [0.5, 0.6) is 0 Å². The molecule has 1 aromatic rings. The number of thioether (sulfide) groups is 1. The van der Waals surface area contributed by atoms with Crippen LogP contribution in [0.4, 0.5) is 0 Å². The zero-order valence-electron chi connectivity index (χ0n) is 7.54. The third kappa shape index (κ3) is 2.88. The van der Waals surface area contributed by atoms with Crippen LogP contribution in [-0.4, -0.2) is 13.4 Å². The van der Waals surface area contributed by atoms with Crippen LogP contribution >= 0.6 is 11.8 Å². The lowest BCUT2D eigenvalue weighted by molar-refractivity contribution is 0.185. The average Bonchev–Trinajstić information content (AvgIpc) is 2.09. The molecule has 2 heteroatoms. The topological polar surface area (TPSA) is 9.23 Å². The van der Waals surface area contributed by atoms with Crippen LogP contribution in [-0.2, 0) is 17.1 Å². The summed E-state index contributed by atoms with van der Waals surface area (Å²) < 4.78 is 5.02. The van der Waals surface area contributed by atoms with Crippen LogP contribution in [0, 0.1) is 0 Å². The van der Waals surface area contributed by atoms with Crippen LogP contribution in [0.3, 0.4) is 0 Å². The van der Waals surface area contributed by atoms with Crippen LogP contribution in [0.2, 0.25) is 0 Å². The van der Waals surface area contributed by atoms with Gasteiger partial charge in [0.05, 0.1) is 6.61 Å². The van der Waals surface area contributed by atoms with E-state index < -0.39 is 0 Å². The fraction of sp³-hybridized carbons (Fsp3) is 0.400. The van der Waals surface area contributed by atoms with Crippen LogP contribution < -0.4 is 0 Å². The lowest BCUT2D eigenvalue weighted by Gasteiger charge is -2.01. The zero-order valence-corrected chi connectivity index (χ0v) is 8.36. The zero-order chi connectivity index (χ0) is 8.81. The van der Waals surface area contributed by atoms with E-state index in [4.69, 9.17) is 4.74 Å². The van der Waals surface area contributed by atoms with Gasteiger partial charge in [-0.05, 0) is 17.4 Å². The number of ether oxygens (including phenoxy) is 1. The average molecular weight is 182 g/mol. The van der Waals surface area contributed by atoms with Crippen LogP contribution in [0.1, 0.15) is 11.1 Å². The maximum absolute atomic E-state index is 5.02. The smallest absolute Gasteiger partial charge is 0.0713 e. The summed E-state index contributed by atoms with van der Waals surface area (Å²) >= 11 is 1.84. The van der Waals surface area contributed by atoms with E-state index in [0.29, 0.717) is 6.61 Å². The van der Waals surface area contributed by atoms with Crippen molar-refractivity contribution in [2.75, 3.05) is 13.4 Å². The summed E-state index contributed by atoms with van der Waals surface area (Å²) in [5, 5.41) is 0. The fourth-order valence-corrected chi connectivity index (χ4v) is 1.59. The summed E-state index contributed by atoms with van der Waals surface area (Å²) in [6.45, 7) is 0.708. The Morgan fingerprint density at radius 1 is 1.17 bits per heavy atom. The molecule has 0 spiro atoms. The molecule has 0 heterocycles. The van der Waals surface area contributed by atoms with Crippen molar-refractivity contribution in [3.8, 4) is 0 Å². The summed E-state index contributed by atoms with van der Waals surface area (Å²) in [4.78, 5) is 0. The molecular formula is C10H14OS. The predicted octanol–water partition coefficient (Wildman–Crippen LogP) is 2.70. The Hall–Kier alpha value is -0.470. The molecular weight excluding hydrogens is 168 g/mol. The van der Waals surface area contributed by atoms with Crippen molar-refractivity contribution in [2.24, 2.45) is 0 Å². The SMILES string of the molecule is COCc1ccc(CSC)cc1. The van der Waals surface area contributed by atoms with Crippen molar-refractivity contribution >= 4 is 11.8 Å².